The van der Waals surface area contributed by atoms with Crippen LogP contribution in [0.4, 0.5) is 4.39 Å². The highest BCUT2D eigenvalue weighted by Crippen LogP contribution is 2.68. The lowest BCUT2D eigenvalue weighted by Gasteiger charge is -2.61. The highest BCUT2D eigenvalue weighted by Gasteiger charge is 2.60. The van der Waals surface area contributed by atoms with E-state index in [4.69, 9.17) is 4.74 Å². The molecule has 0 amide bonds. The van der Waals surface area contributed by atoms with Crippen molar-refractivity contribution in [3.63, 3.8) is 0 Å². The Bertz CT molecular complexity index is 563. The summed E-state index contributed by atoms with van der Waals surface area (Å²) in [5, 5.41) is 0. The third-order valence-corrected chi connectivity index (χ3v) is 9.91. The van der Waals surface area contributed by atoms with Gasteiger partial charge in [0.1, 0.15) is 6.17 Å². The highest BCUT2D eigenvalue weighted by atomic mass is 19.1. The van der Waals surface area contributed by atoms with Crippen molar-refractivity contribution in [2.45, 2.75) is 97.1 Å². The Hall–Kier alpha value is -0.600. The van der Waals surface area contributed by atoms with Gasteiger partial charge in [-0.3, -0.25) is 4.79 Å². The molecule has 27 heavy (non-hydrogen) atoms. The Morgan fingerprint density at radius 1 is 1.00 bits per heavy atom. The lowest BCUT2D eigenvalue weighted by atomic mass is 9.44. The Balaban J connectivity index is 1.46. The summed E-state index contributed by atoms with van der Waals surface area (Å²) in [7, 11) is 1.49. The van der Waals surface area contributed by atoms with Crippen molar-refractivity contribution in [2.24, 2.45) is 40.4 Å². The minimum atomic E-state index is -0.562. The molecule has 8 atom stereocenters. The van der Waals surface area contributed by atoms with Crippen LogP contribution in [0.2, 0.25) is 0 Å². The van der Waals surface area contributed by atoms with Gasteiger partial charge in [0.25, 0.3) is 0 Å². The fraction of sp³-hybridized carbons (Fsp3) is 0.958. The van der Waals surface area contributed by atoms with Crippen LogP contribution in [0, 0.1) is 40.4 Å². The number of hydrogen-bond acceptors (Lipinski definition) is 2. The summed E-state index contributed by atoms with van der Waals surface area (Å²) in [6, 6.07) is 0. The SMILES string of the molecule is COC(=O)CCCC1CCC2C3CCC4CCC(F)CC4(C)C3CCC12C. The molecule has 0 spiro atoms. The number of halogens is 1. The molecule has 4 aliphatic carbocycles. The Kier molecular flexibility index (Phi) is 5.35. The van der Waals surface area contributed by atoms with Gasteiger partial charge in [-0.2, -0.15) is 0 Å². The Morgan fingerprint density at radius 3 is 2.52 bits per heavy atom. The van der Waals surface area contributed by atoms with Gasteiger partial charge in [-0.1, -0.05) is 13.8 Å². The maximum Gasteiger partial charge on any atom is 0.305 e. The first-order valence-electron chi connectivity index (χ1n) is 11.6. The molecule has 4 fully saturated rings. The Labute approximate surface area is 165 Å². The molecule has 4 saturated carbocycles. The molecule has 2 nitrogen and oxygen atoms in total. The zero-order valence-electron chi connectivity index (χ0n) is 17.6. The zero-order valence-corrected chi connectivity index (χ0v) is 17.6. The number of alkyl halides is 1. The van der Waals surface area contributed by atoms with Crippen molar-refractivity contribution < 1.29 is 13.9 Å². The van der Waals surface area contributed by atoms with Crippen LogP contribution in [0.25, 0.3) is 0 Å². The van der Waals surface area contributed by atoms with Crippen molar-refractivity contribution in [2.75, 3.05) is 7.11 Å². The van der Waals surface area contributed by atoms with Crippen molar-refractivity contribution in [3.8, 4) is 0 Å². The largest absolute Gasteiger partial charge is 0.469 e. The predicted molar refractivity (Wildman–Crippen MR) is 106 cm³/mol. The maximum atomic E-state index is 14.4. The first-order chi connectivity index (χ1) is 12.9. The van der Waals surface area contributed by atoms with E-state index in [1.165, 1.54) is 52.1 Å². The van der Waals surface area contributed by atoms with Crippen LogP contribution in [0.1, 0.15) is 90.9 Å². The van der Waals surface area contributed by atoms with Crippen LogP contribution < -0.4 is 0 Å². The van der Waals surface area contributed by atoms with Gasteiger partial charge in [-0.15, -0.1) is 0 Å². The van der Waals surface area contributed by atoms with Gasteiger partial charge in [0.15, 0.2) is 0 Å². The quantitative estimate of drug-likeness (QED) is 0.535. The molecule has 0 N–H and O–H groups in total. The molecule has 0 radical (unpaired) electrons. The monoisotopic (exact) mass is 378 g/mol. The second-order valence-corrected chi connectivity index (χ2v) is 10.8. The smallest absolute Gasteiger partial charge is 0.305 e. The normalized spacial score (nSPS) is 49.0. The molecule has 8 unspecified atom stereocenters. The van der Waals surface area contributed by atoms with Crippen LogP contribution in [0.15, 0.2) is 0 Å². The van der Waals surface area contributed by atoms with Crippen LogP contribution >= 0.6 is 0 Å². The van der Waals surface area contributed by atoms with Gasteiger partial charge < -0.3 is 4.74 Å². The molecule has 4 rings (SSSR count). The average Bonchev–Trinajstić information content (AvgIpc) is 2.97. The summed E-state index contributed by atoms with van der Waals surface area (Å²) >= 11 is 0. The second-order valence-electron chi connectivity index (χ2n) is 10.8. The fourth-order valence-corrected chi connectivity index (χ4v) is 8.47. The van der Waals surface area contributed by atoms with Gasteiger partial charge in [-0.25, -0.2) is 4.39 Å². The summed E-state index contributed by atoms with van der Waals surface area (Å²) in [5.41, 5.74) is 0.704. The van der Waals surface area contributed by atoms with E-state index in [0.29, 0.717) is 11.8 Å². The van der Waals surface area contributed by atoms with Crippen LogP contribution in [-0.2, 0) is 9.53 Å². The third kappa shape index (κ3) is 3.25. The highest BCUT2D eigenvalue weighted by molar-refractivity contribution is 5.68. The van der Waals surface area contributed by atoms with E-state index in [1.54, 1.807) is 0 Å². The third-order valence-electron chi connectivity index (χ3n) is 9.91. The van der Waals surface area contributed by atoms with E-state index in [2.05, 4.69) is 13.8 Å². The number of hydrogen-bond donors (Lipinski definition) is 0. The molecule has 154 valence electrons. The van der Waals surface area contributed by atoms with Gasteiger partial charge in [0.2, 0.25) is 0 Å². The minimum Gasteiger partial charge on any atom is -0.469 e. The summed E-state index contributed by atoms with van der Waals surface area (Å²) in [6.07, 6.45) is 12.9. The number of fused-ring (bicyclic) bond motifs is 5. The van der Waals surface area contributed by atoms with E-state index >= 15 is 0 Å². The van der Waals surface area contributed by atoms with Gasteiger partial charge in [0.05, 0.1) is 7.11 Å². The Morgan fingerprint density at radius 2 is 1.74 bits per heavy atom. The van der Waals surface area contributed by atoms with Gasteiger partial charge >= 0.3 is 5.97 Å². The van der Waals surface area contributed by atoms with E-state index < -0.39 is 6.17 Å². The molecular formula is C24H39FO2. The van der Waals surface area contributed by atoms with E-state index in [0.717, 1.165) is 55.3 Å². The van der Waals surface area contributed by atoms with E-state index in [-0.39, 0.29) is 11.4 Å². The molecule has 0 saturated heterocycles. The molecule has 0 aliphatic heterocycles. The average molecular weight is 379 g/mol. The minimum absolute atomic E-state index is 0.0669. The number of esters is 1. The lowest BCUT2D eigenvalue weighted by molar-refractivity contribution is -0.141. The summed E-state index contributed by atoms with van der Waals surface area (Å²) in [5.74, 6) is 3.87. The number of rotatable bonds is 4. The summed E-state index contributed by atoms with van der Waals surface area (Å²) in [4.78, 5) is 11.5. The van der Waals surface area contributed by atoms with Crippen LogP contribution in [-0.4, -0.2) is 19.3 Å². The molecule has 3 heteroatoms. The van der Waals surface area contributed by atoms with E-state index in [9.17, 15) is 9.18 Å². The standard InChI is InChI=1S/C24H39FO2/c1-23-14-13-21-19(11-8-17-7-10-18(25)15-24(17,21)2)20(23)12-9-16(23)5-4-6-22(26)27-3/h16-21H,4-15H2,1-3H3. The first-order valence-corrected chi connectivity index (χ1v) is 11.6. The van der Waals surface area contributed by atoms with E-state index in [1.807, 2.05) is 0 Å². The number of methoxy groups -OCH3 is 1. The van der Waals surface area contributed by atoms with Gasteiger partial charge in [-0.05, 0) is 111 Å². The number of carbonyl (C=O) groups is 1. The fourth-order valence-electron chi connectivity index (χ4n) is 8.47. The van der Waals surface area contributed by atoms with Crippen molar-refractivity contribution in [3.05, 3.63) is 0 Å². The maximum absolute atomic E-state index is 14.4. The van der Waals surface area contributed by atoms with Crippen LogP contribution in [0.5, 0.6) is 0 Å². The van der Waals surface area contributed by atoms with Crippen LogP contribution in [0.3, 0.4) is 0 Å². The summed E-state index contributed by atoms with van der Waals surface area (Å²) in [6.45, 7) is 5.00. The second kappa shape index (κ2) is 7.34. The molecule has 0 aromatic heterocycles. The summed E-state index contributed by atoms with van der Waals surface area (Å²) < 4.78 is 19.2. The number of ether oxygens (including phenoxy) is 1. The predicted octanol–water partition coefficient (Wildman–Crippen LogP) is 6.33. The molecule has 0 aromatic carbocycles. The molecule has 0 heterocycles. The van der Waals surface area contributed by atoms with Crippen molar-refractivity contribution in [1.82, 2.24) is 0 Å². The first kappa shape index (κ1) is 19.7. The van der Waals surface area contributed by atoms with Crippen molar-refractivity contribution >= 4 is 5.97 Å². The van der Waals surface area contributed by atoms with Crippen molar-refractivity contribution in [1.29, 1.82) is 0 Å². The van der Waals surface area contributed by atoms with Gasteiger partial charge in [0, 0.05) is 6.42 Å². The number of carbonyl (C=O) groups excluding carboxylic acids is 1. The molecular weight excluding hydrogens is 339 g/mol. The zero-order chi connectivity index (χ0) is 19.2. The topological polar surface area (TPSA) is 26.3 Å². The molecule has 0 bridgehead atoms. The lowest BCUT2D eigenvalue weighted by Crippen LogP contribution is -2.53. The molecule has 0 aromatic rings. The molecule has 4 aliphatic rings.